The molecule has 178 valence electrons. The molecule has 0 amide bonds. The molecule has 0 radical (unpaired) electrons. The smallest absolute Gasteiger partial charge is 0.305 e. The summed E-state index contributed by atoms with van der Waals surface area (Å²) in [5.41, 5.74) is 0. The quantitative estimate of drug-likeness (QED) is 0.132. The number of hydrogen-bond donors (Lipinski definition) is 0. The van der Waals surface area contributed by atoms with Crippen molar-refractivity contribution in [2.45, 2.75) is 110 Å². The first kappa shape index (κ1) is 25.9. The minimum atomic E-state index is -0.0685. The lowest BCUT2D eigenvalue weighted by atomic mass is 9.84. The zero-order chi connectivity index (χ0) is 22.3. The summed E-state index contributed by atoms with van der Waals surface area (Å²) in [6.45, 7) is 5.37. The molecule has 0 saturated heterocycles. The summed E-state index contributed by atoms with van der Waals surface area (Å²) < 4.78 is 11.3. The third-order valence-corrected chi connectivity index (χ3v) is 7.14. The molecule has 2 aliphatic carbocycles. The number of carbonyl (C=O) groups is 2. The SMILES string of the molecule is CCCCCCCCC(=O)OCC1C2C=CC(C2)C1COC(=O)CCCCCCCC. The van der Waals surface area contributed by atoms with E-state index in [1.54, 1.807) is 0 Å². The van der Waals surface area contributed by atoms with Crippen LogP contribution >= 0.6 is 0 Å². The van der Waals surface area contributed by atoms with Crippen LogP contribution in [0, 0.1) is 23.7 Å². The molecule has 0 N–H and O–H groups in total. The molecule has 4 heteroatoms. The van der Waals surface area contributed by atoms with Gasteiger partial charge in [-0.3, -0.25) is 9.59 Å². The molecule has 0 aromatic rings. The van der Waals surface area contributed by atoms with Crippen LogP contribution in [0.3, 0.4) is 0 Å². The number of fused-ring (bicyclic) bond motifs is 2. The molecule has 4 nitrogen and oxygen atoms in total. The number of unbranched alkanes of at least 4 members (excludes halogenated alkanes) is 10. The lowest BCUT2D eigenvalue weighted by Crippen LogP contribution is -2.30. The van der Waals surface area contributed by atoms with Gasteiger partial charge in [0, 0.05) is 24.7 Å². The number of carbonyl (C=O) groups excluding carboxylic acids is 2. The minimum Gasteiger partial charge on any atom is -0.465 e. The lowest BCUT2D eigenvalue weighted by molar-refractivity contribution is -0.150. The van der Waals surface area contributed by atoms with Crippen LogP contribution in [0.2, 0.25) is 0 Å². The van der Waals surface area contributed by atoms with Crippen molar-refractivity contribution in [3.05, 3.63) is 12.2 Å². The minimum absolute atomic E-state index is 0.0685. The van der Waals surface area contributed by atoms with Gasteiger partial charge in [-0.05, 0) is 31.1 Å². The average molecular weight is 435 g/mol. The van der Waals surface area contributed by atoms with Crippen molar-refractivity contribution >= 4 is 11.9 Å². The highest BCUT2D eigenvalue weighted by molar-refractivity contribution is 5.69. The van der Waals surface area contributed by atoms with E-state index in [2.05, 4.69) is 26.0 Å². The maximum atomic E-state index is 12.2. The average Bonchev–Trinajstić information content (AvgIpc) is 3.37. The van der Waals surface area contributed by atoms with Gasteiger partial charge in [0.2, 0.25) is 0 Å². The standard InChI is InChI=1S/C27H46O4/c1-3-5-7-9-11-13-15-26(28)30-20-24-22-17-18-23(19-22)25(24)21-31-27(29)16-14-12-10-8-6-4-2/h17-18,22-25H,3-16,19-21H2,1-2H3. The summed E-state index contributed by atoms with van der Waals surface area (Å²) in [5.74, 6) is 1.39. The molecule has 0 aromatic carbocycles. The highest BCUT2D eigenvalue weighted by Gasteiger charge is 2.45. The zero-order valence-electron chi connectivity index (χ0n) is 20.1. The van der Waals surface area contributed by atoms with E-state index in [0.29, 0.717) is 49.7 Å². The number of ether oxygens (including phenoxy) is 2. The fourth-order valence-electron chi connectivity index (χ4n) is 5.14. The van der Waals surface area contributed by atoms with Crippen LogP contribution in [0.4, 0.5) is 0 Å². The van der Waals surface area contributed by atoms with Gasteiger partial charge in [0.05, 0.1) is 13.2 Å². The third-order valence-electron chi connectivity index (χ3n) is 7.14. The molecule has 31 heavy (non-hydrogen) atoms. The predicted molar refractivity (Wildman–Crippen MR) is 126 cm³/mol. The van der Waals surface area contributed by atoms with Crippen LogP contribution in [0.25, 0.3) is 0 Å². The van der Waals surface area contributed by atoms with Gasteiger partial charge in [0.1, 0.15) is 0 Å². The fourth-order valence-corrected chi connectivity index (χ4v) is 5.14. The zero-order valence-corrected chi connectivity index (χ0v) is 20.1. The molecule has 2 bridgehead atoms. The van der Waals surface area contributed by atoms with Gasteiger partial charge in [0.25, 0.3) is 0 Å². The van der Waals surface area contributed by atoms with Gasteiger partial charge in [0.15, 0.2) is 0 Å². The molecule has 1 saturated carbocycles. The van der Waals surface area contributed by atoms with Crippen LogP contribution in [-0.2, 0) is 19.1 Å². The Bertz CT molecular complexity index is 495. The van der Waals surface area contributed by atoms with Crippen LogP contribution < -0.4 is 0 Å². The summed E-state index contributed by atoms with van der Waals surface area (Å²) in [7, 11) is 0. The monoisotopic (exact) mass is 434 g/mol. The van der Waals surface area contributed by atoms with Crippen LogP contribution in [0.15, 0.2) is 12.2 Å². The summed E-state index contributed by atoms with van der Waals surface area (Å²) in [4.78, 5) is 24.3. The Morgan fingerprint density at radius 2 is 1.03 bits per heavy atom. The molecule has 2 rings (SSSR count). The van der Waals surface area contributed by atoms with E-state index in [1.807, 2.05) is 0 Å². The van der Waals surface area contributed by atoms with Gasteiger partial charge in [-0.1, -0.05) is 90.2 Å². The fraction of sp³-hybridized carbons (Fsp3) is 0.852. The molecule has 0 aromatic heterocycles. The second-order valence-corrected chi connectivity index (χ2v) is 9.68. The largest absolute Gasteiger partial charge is 0.465 e. The van der Waals surface area contributed by atoms with Crippen molar-refractivity contribution < 1.29 is 19.1 Å². The molecule has 0 aliphatic heterocycles. The van der Waals surface area contributed by atoms with Gasteiger partial charge >= 0.3 is 11.9 Å². The molecular formula is C27H46O4. The number of rotatable bonds is 18. The van der Waals surface area contributed by atoms with Crippen molar-refractivity contribution in [3.8, 4) is 0 Å². The Morgan fingerprint density at radius 1 is 0.645 bits per heavy atom. The van der Waals surface area contributed by atoms with Crippen LogP contribution in [-0.4, -0.2) is 25.2 Å². The summed E-state index contributed by atoms with van der Waals surface area (Å²) in [5, 5.41) is 0. The first-order valence-corrected chi connectivity index (χ1v) is 13.1. The number of esters is 2. The molecule has 4 atom stereocenters. The van der Waals surface area contributed by atoms with Crippen molar-refractivity contribution in [2.24, 2.45) is 23.7 Å². The second-order valence-electron chi connectivity index (χ2n) is 9.68. The summed E-state index contributed by atoms with van der Waals surface area (Å²) in [6.07, 6.45) is 20.8. The van der Waals surface area contributed by atoms with Crippen molar-refractivity contribution in [1.82, 2.24) is 0 Å². The van der Waals surface area contributed by atoms with Crippen molar-refractivity contribution in [2.75, 3.05) is 13.2 Å². The van der Waals surface area contributed by atoms with E-state index in [0.717, 1.165) is 32.1 Å². The first-order valence-electron chi connectivity index (χ1n) is 13.1. The maximum absolute atomic E-state index is 12.2. The first-order chi connectivity index (χ1) is 15.2. The van der Waals surface area contributed by atoms with Gasteiger partial charge in [-0.25, -0.2) is 0 Å². The molecule has 2 aliphatic rings. The molecular weight excluding hydrogens is 388 g/mol. The Morgan fingerprint density at radius 3 is 1.45 bits per heavy atom. The van der Waals surface area contributed by atoms with Crippen LogP contribution in [0.1, 0.15) is 110 Å². The Labute approximate surface area is 190 Å². The maximum Gasteiger partial charge on any atom is 0.305 e. The predicted octanol–water partition coefficient (Wildman–Crippen LogP) is 7.01. The van der Waals surface area contributed by atoms with E-state index in [1.165, 1.54) is 51.4 Å². The Balaban J connectivity index is 1.61. The van der Waals surface area contributed by atoms with E-state index in [-0.39, 0.29) is 11.9 Å². The molecule has 0 heterocycles. The van der Waals surface area contributed by atoms with E-state index in [4.69, 9.17) is 9.47 Å². The lowest BCUT2D eigenvalue weighted by Gasteiger charge is -2.27. The van der Waals surface area contributed by atoms with Crippen LogP contribution in [0.5, 0.6) is 0 Å². The van der Waals surface area contributed by atoms with E-state index in [9.17, 15) is 9.59 Å². The second kappa shape index (κ2) is 15.5. The third kappa shape index (κ3) is 9.78. The highest BCUT2D eigenvalue weighted by atomic mass is 16.5. The molecule has 4 unspecified atom stereocenters. The summed E-state index contributed by atoms with van der Waals surface area (Å²) in [6, 6.07) is 0. The number of hydrogen-bond acceptors (Lipinski definition) is 4. The number of allylic oxidation sites excluding steroid dienone is 2. The van der Waals surface area contributed by atoms with Gasteiger partial charge in [-0.15, -0.1) is 0 Å². The molecule has 0 spiro atoms. The van der Waals surface area contributed by atoms with E-state index >= 15 is 0 Å². The van der Waals surface area contributed by atoms with Crippen molar-refractivity contribution in [1.29, 1.82) is 0 Å². The Hall–Kier alpha value is -1.32. The topological polar surface area (TPSA) is 52.6 Å². The normalized spacial score (nSPS) is 23.9. The van der Waals surface area contributed by atoms with Gasteiger partial charge < -0.3 is 9.47 Å². The van der Waals surface area contributed by atoms with E-state index < -0.39 is 0 Å². The highest BCUT2D eigenvalue weighted by Crippen LogP contribution is 2.48. The van der Waals surface area contributed by atoms with Gasteiger partial charge in [-0.2, -0.15) is 0 Å². The van der Waals surface area contributed by atoms with Crippen molar-refractivity contribution in [3.63, 3.8) is 0 Å². The summed E-state index contributed by atoms with van der Waals surface area (Å²) >= 11 is 0. The molecule has 1 fully saturated rings. The Kier molecular flexibility index (Phi) is 12.9.